The number of anilines is 1. The zero-order valence-corrected chi connectivity index (χ0v) is 14.1. The van der Waals surface area contributed by atoms with Crippen molar-refractivity contribution >= 4 is 27.7 Å². The van der Waals surface area contributed by atoms with Crippen LogP contribution >= 0.6 is 0 Å². The van der Waals surface area contributed by atoms with Gasteiger partial charge in [0.05, 0.1) is 4.90 Å². The monoisotopic (exact) mass is 384 g/mol. The average molecular weight is 384 g/mol. The fraction of sp³-hybridized carbons (Fsp3) is 0.118. The lowest BCUT2D eigenvalue weighted by atomic mass is 10.2. The molecule has 26 heavy (non-hydrogen) atoms. The second-order valence-electron chi connectivity index (χ2n) is 5.20. The predicted octanol–water partition coefficient (Wildman–Crippen LogP) is 3.18. The Kier molecular flexibility index (Phi) is 6.17. The zero-order chi connectivity index (χ0) is 19.2. The first kappa shape index (κ1) is 19.7. The fourth-order valence-corrected chi connectivity index (χ4v) is 2.91. The summed E-state index contributed by atoms with van der Waals surface area (Å²) in [6.45, 7) is -1.65. The summed E-state index contributed by atoms with van der Waals surface area (Å²) in [4.78, 5) is 11.5. The first-order chi connectivity index (χ1) is 12.2. The molecule has 0 saturated heterocycles. The summed E-state index contributed by atoms with van der Waals surface area (Å²) in [6.07, 6.45) is -1.73. The molecule has 2 aromatic carbocycles. The Morgan fingerprint density at radius 1 is 1.00 bits per heavy atom. The first-order valence-corrected chi connectivity index (χ1v) is 8.85. The van der Waals surface area contributed by atoms with Crippen molar-refractivity contribution < 1.29 is 26.4 Å². The molecule has 0 spiro atoms. The summed E-state index contributed by atoms with van der Waals surface area (Å²) in [6, 6.07) is 13.9. The Morgan fingerprint density at radius 2 is 1.62 bits per heavy atom. The summed E-state index contributed by atoms with van der Waals surface area (Å²) in [5.41, 5.74) is 1.14. The van der Waals surface area contributed by atoms with Crippen LogP contribution < -0.4 is 10.0 Å². The SMILES string of the molecule is O=C(/C=C/c1ccccc1)Nc1ccc(S(=O)(=O)NCC(F)(F)F)cc1. The molecule has 0 aliphatic heterocycles. The maximum Gasteiger partial charge on any atom is 0.402 e. The molecule has 0 aliphatic rings. The van der Waals surface area contributed by atoms with Gasteiger partial charge in [-0.15, -0.1) is 0 Å². The minimum absolute atomic E-state index is 0.308. The number of alkyl halides is 3. The lowest BCUT2D eigenvalue weighted by molar-refractivity contribution is -0.121. The van der Waals surface area contributed by atoms with Crippen molar-refractivity contribution in [2.75, 3.05) is 11.9 Å². The van der Waals surface area contributed by atoms with Crippen LogP contribution in [-0.4, -0.2) is 27.0 Å². The number of rotatable bonds is 6. The van der Waals surface area contributed by atoms with Crippen LogP contribution in [-0.2, 0) is 14.8 Å². The van der Waals surface area contributed by atoms with Crippen molar-refractivity contribution in [3.8, 4) is 0 Å². The van der Waals surface area contributed by atoms with Crippen LogP contribution in [0.2, 0.25) is 0 Å². The van der Waals surface area contributed by atoms with Gasteiger partial charge in [0, 0.05) is 11.8 Å². The van der Waals surface area contributed by atoms with Crippen LogP contribution in [0.1, 0.15) is 5.56 Å². The third kappa shape index (κ3) is 6.34. The molecule has 2 N–H and O–H groups in total. The molecular formula is C17H15F3N2O3S. The number of carbonyl (C=O) groups is 1. The second-order valence-corrected chi connectivity index (χ2v) is 6.96. The minimum atomic E-state index is -4.65. The number of nitrogens with one attached hydrogen (secondary N) is 2. The van der Waals surface area contributed by atoms with Gasteiger partial charge in [0.25, 0.3) is 0 Å². The number of amides is 1. The van der Waals surface area contributed by atoms with Gasteiger partial charge < -0.3 is 5.32 Å². The Morgan fingerprint density at radius 3 is 2.19 bits per heavy atom. The Labute approximate surface area is 148 Å². The maximum atomic E-state index is 12.1. The number of hydrogen-bond acceptors (Lipinski definition) is 3. The van der Waals surface area contributed by atoms with Crippen LogP contribution in [0.25, 0.3) is 6.08 Å². The van der Waals surface area contributed by atoms with Crippen LogP contribution in [0.4, 0.5) is 18.9 Å². The summed E-state index contributed by atoms with van der Waals surface area (Å²) in [5, 5.41) is 2.53. The smallest absolute Gasteiger partial charge is 0.323 e. The van der Waals surface area contributed by atoms with Crippen LogP contribution in [0.5, 0.6) is 0 Å². The number of carbonyl (C=O) groups excluding carboxylic acids is 1. The van der Waals surface area contributed by atoms with Gasteiger partial charge in [-0.2, -0.15) is 13.2 Å². The van der Waals surface area contributed by atoms with E-state index in [2.05, 4.69) is 5.32 Å². The molecule has 0 fully saturated rings. The van der Waals surface area contributed by atoms with E-state index in [1.807, 2.05) is 30.3 Å². The summed E-state index contributed by atoms with van der Waals surface area (Å²) in [7, 11) is -4.28. The zero-order valence-electron chi connectivity index (χ0n) is 13.3. The Balaban J connectivity index is 1.98. The van der Waals surface area contributed by atoms with E-state index in [0.717, 1.165) is 17.7 Å². The van der Waals surface area contributed by atoms with Crippen molar-refractivity contribution in [1.82, 2.24) is 4.72 Å². The summed E-state index contributed by atoms with van der Waals surface area (Å²) < 4.78 is 61.4. The highest BCUT2D eigenvalue weighted by atomic mass is 32.2. The maximum absolute atomic E-state index is 12.1. The molecule has 138 valence electrons. The Bertz CT molecular complexity index is 878. The van der Waals surface area contributed by atoms with Gasteiger partial charge in [-0.05, 0) is 35.9 Å². The van der Waals surface area contributed by atoms with E-state index >= 15 is 0 Å². The minimum Gasteiger partial charge on any atom is -0.323 e. The molecule has 2 aromatic rings. The number of halogens is 3. The molecule has 5 nitrogen and oxygen atoms in total. The van der Waals surface area contributed by atoms with Crippen molar-refractivity contribution in [1.29, 1.82) is 0 Å². The molecule has 0 radical (unpaired) electrons. The van der Waals surface area contributed by atoms with Crippen molar-refractivity contribution in [2.24, 2.45) is 0 Å². The second kappa shape index (κ2) is 8.15. The largest absolute Gasteiger partial charge is 0.402 e. The molecule has 0 atom stereocenters. The number of sulfonamides is 1. The average Bonchev–Trinajstić information content (AvgIpc) is 2.59. The van der Waals surface area contributed by atoms with E-state index in [9.17, 15) is 26.4 Å². The quantitative estimate of drug-likeness (QED) is 0.751. The summed E-state index contributed by atoms with van der Waals surface area (Å²) in [5.74, 6) is -0.431. The van der Waals surface area contributed by atoms with Gasteiger partial charge in [0.1, 0.15) is 6.54 Å². The summed E-state index contributed by atoms with van der Waals surface area (Å²) >= 11 is 0. The third-order valence-electron chi connectivity index (χ3n) is 3.12. The van der Waals surface area contributed by atoms with E-state index in [0.29, 0.717) is 5.69 Å². The van der Waals surface area contributed by atoms with Gasteiger partial charge in [0.15, 0.2) is 0 Å². The third-order valence-corrected chi connectivity index (χ3v) is 4.54. The molecule has 0 bridgehead atoms. The molecule has 0 aromatic heterocycles. The molecule has 0 saturated carbocycles. The van der Waals surface area contributed by atoms with Crippen LogP contribution in [0.15, 0.2) is 65.6 Å². The lowest BCUT2D eigenvalue weighted by Gasteiger charge is -2.10. The standard InChI is InChI=1S/C17H15F3N2O3S/c18-17(19,20)12-21-26(24,25)15-9-7-14(8-10-15)22-16(23)11-6-13-4-2-1-3-5-13/h1-11,21H,12H2,(H,22,23)/b11-6+. The highest BCUT2D eigenvalue weighted by Crippen LogP contribution is 2.17. The van der Waals surface area contributed by atoms with Gasteiger partial charge in [0.2, 0.25) is 15.9 Å². The van der Waals surface area contributed by atoms with Gasteiger partial charge in [-0.25, -0.2) is 13.1 Å². The molecule has 1 amide bonds. The molecular weight excluding hydrogens is 369 g/mol. The van der Waals surface area contributed by atoms with E-state index < -0.39 is 28.7 Å². The van der Waals surface area contributed by atoms with E-state index in [4.69, 9.17) is 0 Å². The van der Waals surface area contributed by atoms with Gasteiger partial charge >= 0.3 is 6.18 Å². The molecule has 0 aliphatic carbocycles. The molecule has 2 rings (SSSR count). The van der Waals surface area contributed by atoms with Gasteiger partial charge in [-0.1, -0.05) is 30.3 Å². The van der Waals surface area contributed by atoms with E-state index in [1.165, 1.54) is 22.9 Å². The Hall–Kier alpha value is -2.65. The lowest BCUT2D eigenvalue weighted by Crippen LogP contribution is -2.33. The topological polar surface area (TPSA) is 75.3 Å². The van der Waals surface area contributed by atoms with Crippen LogP contribution in [0, 0.1) is 0 Å². The van der Waals surface area contributed by atoms with Crippen LogP contribution in [0.3, 0.4) is 0 Å². The fourth-order valence-electron chi connectivity index (χ4n) is 1.90. The molecule has 0 unspecified atom stereocenters. The molecule has 9 heteroatoms. The van der Waals surface area contributed by atoms with Crippen molar-refractivity contribution in [3.05, 3.63) is 66.2 Å². The number of hydrogen-bond donors (Lipinski definition) is 2. The van der Waals surface area contributed by atoms with E-state index in [-0.39, 0.29) is 4.90 Å². The highest BCUT2D eigenvalue weighted by Gasteiger charge is 2.29. The highest BCUT2D eigenvalue weighted by molar-refractivity contribution is 7.89. The number of benzene rings is 2. The first-order valence-electron chi connectivity index (χ1n) is 7.36. The van der Waals surface area contributed by atoms with Gasteiger partial charge in [-0.3, -0.25) is 4.79 Å². The normalized spacial score (nSPS) is 12.3. The van der Waals surface area contributed by atoms with E-state index in [1.54, 1.807) is 6.08 Å². The molecule has 0 heterocycles. The van der Waals surface area contributed by atoms with Crippen molar-refractivity contribution in [2.45, 2.75) is 11.1 Å². The predicted molar refractivity (Wildman–Crippen MR) is 91.8 cm³/mol. The van der Waals surface area contributed by atoms with Crippen molar-refractivity contribution in [3.63, 3.8) is 0 Å².